The molecule has 1 aliphatic carbocycles. The molecule has 1 aliphatic rings. The molecule has 7 heteroatoms. The predicted octanol–water partition coefficient (Wildman–Crippen LogP) is 0.842. The molecule has 1 heterocycles. The fraction of sp³-hybridized carbons (Fsp3) is 0.357. The Kier molecular flexibility index (Phi) is 3.56. The van der Waals surface area contributed by atoms with Gasteiger partial charge in [0.15, 0.2) is 0 Å². The summed E-state index contributed by atoms with van der Waals surface area (Å²) in [5.74, 6) is 0.207. The summed E-state index contributed by atoms with van der Waals surface area (Å²) in [6.45, 7) is 0.00884. The third-order valence-corrected chi connectivity index (χ3v) is 4.97. The third-order valence-electron chi connectivity index (χ3n) is 3.55. The lowest BCUT2D eigenvalue weighted by molar-refractivity contribution is 0.155. The molecule has 1 aromatic heterocycles. The molecule has 0 saturated heterocycles. The molecule has 21 heavy (non-hydrogen) atoms. The van der Waals surface area contributed by atoms with Gasteiger partial charge in [-0.3, -0.25) is 0 Å². The van der Waals surface area contributed by atoms with Crippen molar-refractivity contribution in [1.82, 2.24) is 4.72 Å². The highest BCUT2D eigenvalue weighted by Gasteiger charge is 2.30. The van der Waals surface area contributed by atoms with Crippen LogP contribution in [-0.2, 0) is 10.0 Å². The van der Waals surface area contributed by atoms with Gasteiger partial charge in [-0.1, -0.05) is 0 Å². The lowest BCUT2D eigenvalue weighted by Crippen LogP contribution is -2.33. The molecule has 0 radical (unpaired) electrons. The Bertz CT molecular complexity index is 823. The van der Waals surface area contributed by atoms with Crippen LogP contribution < -0.4 is 10.3 Å². The highest BCUT2D eigenvalue weighted by molar-refractivity contribution is 7.89. The molecule has 1 unspecified atom stereocenters. The second-order valence-corrected chi connectivity index (χ2v) is 6.98. The van der Waals surface area contributed by atoms with E-state index in [1.807, 2.05) is 0 Å². The van der Waals surface area contributed by atoms with Crippen molar-refractivity contribution in [3.05, 3.63) is 40.8 Å². The second kappa shape index (κ2) is 5.25. The van der Waals surface area contributed by atoms with Crippen LogP contribution in [0.25, 0.3) is 11.0 Å². The summed E-state index contributed by atoms with van der Waals surface area (Å²) in [4.78, 5) is 11.2. The quantitative estimate of drug-likeness (QED) is 0.798. The van der Waals surface area contributed by atoms with Crippen LogP contribution in [0.4, 0.5) is 0 Å². The van der Waals surface area contributed by atoms with E-state index < -0.39 is 21.8 Å². The normalized spacial score (nSPS) is 17.0. The summed E-state index contributed by atoms with van der Waals surface area (Å²) in [6.07, 6.45) is 1.24. The Morgan fingerprint density at radius 1 is 1.29 bits per heavy atom. The van der Waals surface area contributed by atoms with Crippen molar-refractivity contribution >= 4 is 21.0 Å². The highest BCUT2D eigenvalue weighted by atomic mass is 32.2. The Morgan fingerprint density at radius 3 is 2.76 bits per heavy atom. The van der Waals surface area contributed by atoms with Crippen molar-refractivity contribution in [3.8, 4) is 0 Å². The van der Waals surface area contributed by atoms with Crippen LogP contribution in [0.5, 0.6) is 0 Å². The average molecular weight is 309 g/mol. The Labute approximate surface area is 121 Å². The van der Waals surface area contributed by atoms with Gasteiger partial charge in [0, 0.05) is 18.0 Å². The van der Waals surface area contributed by atoms with Crippen molar-refractivity contribution in [3.63, 3.8) is 0 Å². The number of aliphatic hydroxyl groups is 1. The van der Waals surface area contributed by atoms with E-state index in [4.69, 9.17) is 4.42 Å². The first-order chi connectivity index (χ1) is 9.95. The minimum atomic E-state index is -3.69. The van der Waals surface area contributed by atoms with E-state index in [0.717, 1.165) is 12.8 Å². The molecule has 112 valence electrons. The minimum absolute atomic E-state index is 0.00884. The number of fused-ring (bicyclic) bond motifs is 1. The average Bonchev–Trinajstić information content (AvgIpc) is 3.29. The zero-order chi connectivity index (χ0) is 15.0. The van der Waals surface area contributed by atoms with Crippen LogP contribution in [0.1, 0.15) is 12.8 Å². The first kappa shape index (κ1) is 14.2. The number of benzene rings is 1. The SMILES string of the molecule is O=c1ccc2cc(S(=O)(=O)NCC(O)C3CC3)ccc2o1. The molecule has 3 rings (SSSR count). The third kappa shape index (κ3) is 3.15. The van der Waals surface area contributed by atoms with Crippen LogP contribution in [0.3, 0.4) is 0 Å². The topological polar surface area (TPSA) is 96.6 Å². The molecule has 1 aromatic carbocycles. The Hall–Kier alpha value is -1.70. The van der Waals surface area contributed by atoms with Crippen LogP contribution in [0, 0.1) is 5.92 Å². The number of sulfonamides is 1. The number of rotatable bonds is 5. The van der Waals surface area contributed by atoms with Crippen molar-refractivity contribution in [2.24, 2.45) is 5.92 Å². The first-order valence-corrected chi connectivity index (χ1v) is 8.16. The van der Waals surface area contributed by atoms with Gasteiger partial charge in [-0.25, -0.2) is 17.9 Å². The van der Waals surface area contributed by atoms with E-state index in [-0.39, 0.29) is 17.4 Å². The number of aliphatic hydroxyl groups excluding tert-OH is 1. The monoisotopic (exact) mass is 309 g/mol. The summed E-state index contributed by atoms with van der Waals surface area (Å²) < 4.78 is 31.7. The summed E-state index contributed by atoms with van der Waals surface area (Å²) in [7, 11) is -3.69. The van der Waals surface area contributed by atoms with Crippen molar-refractivity contribution < 1.29 is 17.9 Å². The summed E-state index contributed by atoms with van der Waals surface area (Å²) in [5.41, 5.74) is -0.150. The maximum atomic E-state index is 12.2. The number of hydrogen-bond acceptors (Lipinski definition) is 5. The van der Waals surface area contributed by atoms with Crippen LogP contribution in [0.2, 0.25) is 0 Å². The Balaban J connectivity index is 1.84. The minimum Gasteiger partial charge on any atom is -0.423 e. The van der Waals surface area contributed by atoms with Gasteiger partial charge in [-0.05, 0) is 43.0 Å². The van der Waals surface area contributed by atoms with E-state index in [2.05, 4.69) is 4.72 Å². The zero-order valence-electron chi connectivity index (χ0n) is 11.2. The van der Waals surface area contributed by atoms with Gasteiger partial charge in [0.25, 0.3) is 0 Å². The van der Waals surface area contributed by atoms with Gasteiger partial charge in [0.05, 0.1) is 11.0 Å². The van der Waals surface area contributed by atoms with Gasteiger partial charge in [0.2, 0.25) is 10.0 Å². The zero-order valence-corrected chi connectivity index (χ0v) is 12.0. The Morgan fingerprint density at radius 2 is 2.05 bits per heavy atom. The molecule has 6 nitrogen and oxygen atoms in total. The van der Waals surface area contributed by atoms with Crippen molar-refractivity contribution in [2.45, 2.75) is 23.8 Å². The molecule has 0 bridgehead atoms. The first-order valence-electron chi connectivity index (χ1n) is 6.67. The van der Waals surface area contributed by atoms with E-state index >= 15 is 0 Å². The second-order valence-electron chi connectivity index (χ2n) is 5.21. The highest BCUT2D eigenvalue weighted by Crippen LogP contribution is 2.32. The van der Waals surface area contributed by atoms with Crippen LogP contribution in [0.15, 0.2) is 44.4 Å². The molecule has 0 spiro atoms. The van der Waals surface area contributed by atoms with E-state index in [0.29, 0.717) is 11.0 Å². The molecule has 1 atom stereocenters. The number of hydrogen-bond donors (Lipinski definition) is 2. The van der Waals surface area contributed by atoms with Gasteiger partial charge in [0.1, 0.15) is 5.58 Å². The standard InChI is InChI=1S/C14H15NO5S/c16-12(9-1-2-9)8-15-21(18,19)11-4-5-13-10(7-11)3-6-14(17)20-13/h3-7,9,12,15-16H,1-2,8H2. The summed E-state index contributed by atoms with van der Waals surface area (Å²) in [6, 6.07) is 7.01. The van der Waals surface area contributed by atoms with Crippen LogP contribution >= 0.6 is 0 Å². The molecular weight excluding hydrogens is 294 g/mol. The molecule has 2 aromatic rings. The van der Waals surface area contributed by atoms with E-state index in [9.17, 15) is 18.3 Å². The summed E-state index contributed by atoms with van der Waals surface area (Å²) >= 11 is 0. The number of nitrogens with one attached hydrogen (secondary N) is 1. The fourth-order valence-corrected chi connectivity index (χ4v) is 3.23. The van der Waals surface area contributed by atoms with Gasteiger partial charge >= 0.3 is 5.63 Å². The van der Waals surface area contributed by atoms with E-state index in [1.54, 1.807) is 0 Å². The van der Waals surface area contributed by atoms with Gasteiger partial charge in [-0.15, -0.1) is 0 Å². The predicted molar refractivity (Wildman–Crippen MR) is 76.4 cm³/mol. The summed E-state index contributed by atoms with van der Waals surface area (Å²) in [5, 5.41) is 10.3. The molecule has 2 N–H and O–H groups in total. The molecular formula is C14H15NO5S. The fourth-order valence-electron chi connectivity index (χ4n) is 2.14. The van der Waals surface area contributed by atoms with E-state index in [1.165, 1.54) is 30.3 Å². The lowest BCUT2D eigenvalue weighted by Gasteiger charge is -2.11. The molecule has 1 saturated carbocycles. The maximum absolute atomic E-state index is 12.2. The van der Waals surface area contributed by atoms with Crippen molar-refractivity contribution in [1.29, 1.82) is 0 Å². The molecule has 0 aliphatic heterocycles. The lowest BCUT2D eigenvalue weighted by atomic mass is 10.2. The molecule has 0 amide bonds. The van der Waals surface area contributed by atoms with Gasteiger partial charge in [-0.2, -0.15) is 0 Å². The smallest absolute Gasteiger partial charge is 0.336 e. The maximum Gasteiger partial charge on any atom is 0.336 e. The largest absolute Gasteiger partial charge is 0.423 e. The van der Waals surface area contributed by atoms with Crippen LogP contribution in [-0.4, -0.2) is 26.2 Å². The van der Waals surface area contributed by atoms with Gasteiger partial charge < -0.3 is 9.52 Å². The van der Waals surface area contributed by atoms with Crippen molar-refractivity contribution in [2.75, 3.05) is 6.54 Å². The molecule has 1 fully saturated rings.